The molecule has 1 saturated heterocycles. The summed E-state index contributed by atoms with van der Waals surface area (Å²) in [6.45, 7) is 2.96. The third kappa shape index (κ3) is 3.97. The second kappa shape index (κ2) is 7.40. The molecule has 1 aromatic heterocycles. The van der Waals surface area contributed by atoms with E-state index in [1.165, 1.54) is 6.42 Å². The molecule has 0 radical (unpaired) electrons. The number of carbonyl (C=O) groups is 1. The van der Waals surface area contributed by atoms with Crippen molar-refractivity contribution in [3.8, 4) is 10.4 Å². The molecular weight excluding hydrogens is 360 g/mol. The van der Waals surface area contributed by atoms with Gasteiger partial charge in [0.25, 0.3) is 5.91 Å². The lowest BCUT2D eigenvalue weighted by Gasteiger charge is -2.08. The van der Waals surface area contributed by atoms with Crippen molar-refractivity contribution in [1.29, 1.82) is 0 Å². The number of halogens is 1. The highest BCUT2D eigenvalue weighted by molar-refractivity contribution is 9.10. The summed E-state index contributed by atoms with van der Waals surface area (Å²) >= 11 is 4.98. The fourth-order valence-electron chi connectivity index (χ4n) is 2.67. The number of rotatable bonds is 5. The van der Waals surface area contributed by atoms with Gasteiger partial charge in [-0.2, -0.15) is 0 Å². The van der Waals surface area contributed by atoms with Crippen molar-refractivity contribution < 1.29 is 4.79 Å². The SMILES string of the molecule is O=C(NCCC1CCNC1)c1ccc(-c2ccc(Br)cc2)s1. The van der Waals surface area contributed by atoms with E-state index in [0.29, 0.717) is 5.92 Å². The lowest BCUT2D eigenvalue weighted by molar-refractivity contribution is 0.0955. The van der Waals surface area contributed by atoms with E-state index in [-0.39, 0.29) is 5.91 Å². The van der Waals surface area contributed by atoms with E-state index in [2.05, 4.69) is 38.7 Å². The van der Waals surface area contributed by atoms with Gasteiger partial charge in [0, 0.05) is 15.9 Å². The molecule has 1 aliphatic heterocycles. The molecule has 0 saturated carbocycles. The van der Waals surface area contributed by atoms with Crippen molar-refractivity contribution in [3.63, 3.8) is 0 Å². The maximum atomic E-state index is 12.2. The molecule has 0 bridgehead atoms. The number of amides is 1. The predicted molar refractivity (Wildman–Crippen MR) is 95.4 cm³/mol. The molecule has 1 atom stereocenters. The van der Waals surface area contributed by atoms with Gasteiger partial charge in [-0.25, -0.2) is 0 Å². The Bertz CT molecular complexity index is 632. The first-order chi connectivity index (χ1) is 10.7. The maximum absolute atomic E-state index is 12.2. The first kappa shape index (κ1) is 15.7. The fourth-order valence-corrected chi connectivity index (χ4v) is 3.86. The van der Waals surface area contributed by atoms with Gasteiger partial charge in [-0.05, 0) is 61.7 Å². The average Bonchev–Trinajstić information content (AvgIpc) is 3.19. The second-order valence-corrected chi connectivity index (χ2v) is 7.57. The molecule has 2 aromatic rings. The van der Waals surface area contributed by atoms with Crippen molar-refractivity contribution in [2.24, 2.45) is 5.92 Å². The minimum Gasteiger partial charge on any atom is -0.351 e. The zero-order chi connectivity index (χ0) is 15.4. The van der Waals surface area contributed by atoms with E-state index >= 15 is 0 Å². The number of hydrogen-bond acceptors (Lipinski definition) is 3. The van der Waals surface area contributed by atoms with Crippen molar-refractivity contribution in [3.05, 3.63) is 45.7 Å². The van der Waals surface area contributed by atoms with Gasteiger partial charge in [-0.15, -0.1) is 11.3 Å². The van der Waals surface area contributed by atoms with Crippen LogP contribution in [0.4, 0.5) is 0 Å². The molecule has 5 heteroatoms. The zero-order valence-electron chi connectivity index (χ0n) is 12.3. The minimum absolute atomic E-state index is 0.0410. The molecule has 3 nitrogen and oxygen atoms in total. The van der Waals surface area contributed by atoms with E-state index < -0.39 is 0 Å². The van der Waals surface area contributed by atoms with Gasteiger partial charge < -0.3 is 10.6 Å². The van der Waals surface area contributed by atoms with Gasteiger partial charge in [-0.1, -0.05) is 28.1 Å². The first-order valence-electron chi connectivity index (χ1n) is 7.57. The highest BCUT2D eigenvalue weighted by Crippen LogP contribution is 2.29. The van der Waals surface area contributed by atoms with E-state index in [1.807, 2.05) is 24.3 Å². The normalized spacial score (nSPS) is 17.6. The lowest BCUT2D eigenvalue weighted by Crippen LogP contribution is -2.25. The number of thiophene rings is 1. The third-order valence-corrected chi connectivity index (χ3v) is 5.62. The van der Waals surface area contributed by atoms with Crippen molar-refractivity contribution in [2.45, 2.75) is 12.8 Å². The zero-order valence-corrected chi connectivity index (χ0v) is 14.7. The van der Waals surface area contributed by atoms with Crippen LogP contribution in [0.1, 0.15) is 22.5 Å². The Hall–Kier alpha value is -1.17. The topological polar surface area (TPSA) is 41.1 Å². The number of carbonyl (C=O) groups excluding carboxylic acids is 1. The van der Waals surface area contributed by atoms with Gasteiger partial charge in [0.2, 0.25) is 0 Å². The Morgan fingerprint density at radius 1 is 1.27 bits per heavy atom. The molecule has 0 spiro atoms. The van der Waals surface area contributed by atoms with Crippen LogP contribution in [-0.2, 0) is 0 Å². The minimum atomic E-state index is 0.0410. The summed E-state index contributed by atoms with van der Waals surface area (Å²) in [4.78, 5) is 14.1. The molecule has 1 aromatic carbocycles. The Labute approximate surface area is 143 Å². The highest BCUT2D eigenvalue weighted by atomic mass is 79.9. The van der Waals surface area contributed by atoms with E-state index in [4.69, 9.17) is 0 Å². The molecule has 1 fully saturated rings. The molecular formula is C17H19BrN2OS. The van der Waals surface area contributed by atoms with Gasteiger partial charge in [-0.3, -0.25) is 4.79 Å². The standard InChI is InChI=1S/C17H19BrN2OS/c18-14-3-1-13(2-4-14)15-5-6-16(22-15)17(21)20-10-8-12-7-9-19-11-12/h1-6,12,19H,7-11H2,(H,20,21). The summed E-state index contributed by atoms with van der Waals surface area (Å²) in [7, 11) is 0. The molecule has 1 aliphatic rings. The third-order valence-electron chi connectivity index (χ3n) is 3.96. The van der Waals surface area contributed by atoms with Crippen LogP contribution in [0.5, 0.6) is 0 Å². The second-order valence-electron chi connectivity index (χ2n) is 5.57. The average molecular weight is 379 g/mol. The first-order valence-corrected chi connectivity index (χ1v) is 9.18. The number of nitrogens with one attached hydrogen (secondary N) is 2. The van der Waals surface area contributed by atoms with Gasteiger partial charge in [0.05, 0.1) is 4.88 Å². The highest BCUT2D eigenvalue weighted by Gasteiger charge is 2.15. The van der Waals surface area contributed by atoms with Gasteiger partial charge in [0.1, 0.15) is 0 Å². The van der Waals surface area contributed by atoms with Crippen LogP contribution in [-0.4, -0.2) is 25.5 Å². The summed E-state index contributed by atoms with van der Waals surface area (Å²) in [5.41, 5.74) is 1.14. The molecule has 1 unspecified atom stereocenters. The summed E-state index contributed by atoms with van der Waals surface area (Å²) < 4.78 is 1.06. The van der Waals surface area contributed by atoms with Crippen LogP contribution in [0.15, 0.2) is 40.9 Å². The Kier molecular flexibility index (Phi) is 5.28. The molecule has 1 amide bonds. The summed E-state index contributed by atoms with van der Waals surface area (Å²) in [6.07, 6.45) is 2.28. The molecule has 2 heterocycles. The van der Waals surface area contributed by atoms with Crippen LogP contribution < -0.4 is 10.6 Å². The van der Waals surface area contributed by atoms with Crippen molar-refractivity contribution >= 4 is 33.2 Å². The van der Waals surface area contributed by atoms with Crippen LogP contribution in [0, 0.1) is 5.92 Å². The fraction of sp³-hybridized carbons (Fsp3) is 0.353. The van der Waals surface area contributed by atoms with E-state index in [1.54, 1.807) is 11.3 Å². The Morgan fingerprint density at radius 3 is 2.82 bits per heavy atom. The van der Waals surface area contributed by atoms with Crippen LogP contribution in [0.3, 0.4) is 0 Å². The van der Waals surface area contributed by atoms with Crippen molar-refractivity contribution in [1.82, 2.24) is 10.6 Å². The monoisotopic (exact) mass is 378 g/mol. The summed E-state index contributed by atoms with van der Waals surface area (Å²) in [6, 6.07) is 12.1. The van der Waals surface area contributed by atoms with Crippen molar-refractivity contribution in [2.75, 3.05) is 19.6 Å². The number of hydrogen-bond donors (Lipinski definition) is 2. The quantitative estimate of drug-likeness (QED) is 0.827. The van der Waals surface area contributed by atoms with Gasteiger partial charge in [0.15, 0.2) is 0 Å². The number of benzene rings is 1. The molecule has 0 aliphatic carbocycles. The van der Waals surface area contributed by atoms with Crippen LogP contribution >= 0.6 is 27.3 Å². The van der Waals surface area contributed by atoms with Gasteiger partial charge >= 0.3 is 0 Å². The smallest absolute Gasteiger partial charge is 0.261 e. The van der Waals surface area contributed by atoms with Crippen LogP contribution in [0.25, 0.3) is 10.4 Å². The van der Waals surface area contributed by atoms with Crippen LogP contribution in [0.2, 0.25) is 0 Å². The Morgan fingerprint density at radius 2 is 2.09 bits per heavy atom. The van der Waals surface area contributed by atoms with E-state index in [9.17, 15) is 4.79 Å². The lowest BCUT2D eigenvalue weighted by atomic mass is 10.1. The largest absolute Gasteiger partial charge is 0.351 e. The molecule has 2 N–H and O–H groups in total. The molecule has 3 rings (SSSR count). The molecule has 22 heavy (non-hydrogen) atoms. The summed E-state index contributed by atoms with van der Waals surface area (Å²) in [5, 5.41) is 6.39. The summed E-state index contributed by atoms with van der Waals surface area (Å²) in [5.74, 6) is 0.751. The van der Waals surface area contributed by atoms with E-state index in [0.717, 1.165) is 45.8 Å². The predicted octanol–water partition coefficient (Wildman–Crippen LogP) is 3.91. The molecule has 116 valence electrons. The Balaban J connectivity index is 1.55. The maximum Gasteiger partial charge on any atom is 0.261 e.